The normalized spacial score (nSPS) is 11.1. The summed E-state index contributed by atoms with van der Waals surface area (Å²) >= 11 is 0. The number of rotatable bonds is 4. The number of nitrogens with zero attached hydrogens (tertiary/aromatic N) is 4. The number of nitro groups is 1. The molecule has 0 unspecified atom stereocenters. The Morgan fingerprint density at radius 3 is 2.57 bits per heavy atom. The van der Waals surface area contributed by atoms with Crippen molar-refractivity contribution >= 4 is 17.8 Å². The number of nitro benzene ring substituents is 1. The molecule has 0 saturated carbocycles. The lowest BCUT2D eigenvalue weighted by molar-refractivity contribution is -0.384. The van der Waals surface area contributed by atoms with Gasteiger partial charge in [0.25, 0.3) is 5.69 Å². The van der Waals surface area contributed by atoms with Gasteiger partial charge in [0.05, 0.1) is 10.6 Å². The van der Waals surface area contributed by atoms with Crippen LogP contribution in [0.2, 0.25) is 0 Å². The number of nitriles is 1. The average molecular weight is 376 g/mol. The third kappa shape index (κ3) is 3.21. The van der Waals surface area contributed by atoms with E-state index in [0.717, 1.165) is 33.8 Å². The highest BCUT2D eigenvalue weighted by Crippen LogP contribution is 2.29. The Balaban J connectivity index is 2.07. The molecule has 2 heterocycles. The molecule has 0 aliphatic carbocycles. The standard InChI is InChI=1S/C21H20N4O3/c1-12-6-7-18(25(26)27)9-20(12)24-13(2)8-17(15(24)4)11-23-21-19(10-22)14(3)16(5)28-21/h6-9,11H,1-5H3. The summed E-state index contributed by atoms with van der Waals surface area (Å²) in [5, 5.41) is 20.5. The van der Waals surface area contributed by atoms with E-state index < -0.39 is 4.92 Å². The molecule has 7 heteroatoms. The zero-order chi connectivity index (χ0) is 20.6. The van der Waals surface area contributed by atoms with Gasteiger partial charge in [-0.2, -0.15) is 5.26 Å². The largest absolute Gasteiger partial charge is 0.442 e. The number of furan rings is 1. The third-order valence-electron chi connectivity index (χ3n) is 4.91. The predicted octanol–water partition coefficient (Wildman–Crippen LogP) is 5.14. The monoisotopic (exact) mass is 376 g/mol. The van der Waals surface area contributed by atoms with E-state index in [4.69, 9.17) is 4.42 Å². The van der Waals surface area contributed by atoms with Crippen LogP contribution in [-0.4, -0.2) is 15.7 Å². The van der Waals surface area contributed by atoms with Gasteiger partial charge in [-0.3, -0.25) is 10.1 Å². The Labute approximate surface area is 162 Å². The van der Waals surface area contributed by atoms with Crippen LogP contribution >= 0.6 is 0 Å². The van der Waals surface area contributed by atoms with E-state index in [9.17, 15) is 15.4 Å². The molecule has 3 rings (SSSR count). The first-order chi connectivity index (χ1) is 13.2. The minimum atomic E-state index is -0.398. The molecule has 0 saturated heterocycles. The van der Waals surface area contributed by atoms with Crippen LogP contribution in [0.5, 0.6) is 0 Å². The number of aromatic nitrogens is 1. The van der Waals surface area contributed by atoms with Crippen LogP contribution in [0.25, 0.3) is 5.69 Å². The third-order valence-corrected chi connectivity index (χ3v) is 4.91. The molecule has 0 N–H and O–H groups in total. The van der Waals surface area contributed by atoms with Crippen LogP contribution in [0.4, 0.5) is 11.6 Å². The van der Waals surface area contributed by atoms with Crippen molar-refractivity contribution in [3.8, 4) is 11.8 Å². The van der Waals surface area contributed by atoms with Gasteiger partial charge in [0.15, 0.2) is 0 Å². The summed E-state index contributed by atoms with van der Waals surface area (Å²) in [6.45, 7) is 9.40. The summed E-state index contributed by atoms with van der Waals surface area (Å²) in [4.78, 5) is 15.1. The van der Waals surface area contributed by atoms with Crippen molar-refractivity contribution in [2.24, 2.45) is 4.99 Å². The van der Waals surface area contributed by atoms with Crippen molar-refractivity contribution in [3.63, 3.8) is 0 Å². The van der Waals surface area contributed by atoms with Gasteiger partial charge >= 0.3 is 0 Å². The number of hydrogen-bond donors (Lipinski definition) is 0. The first-order valence-electron chi connectivity index (χ1n) is 8.73. The molecule has 142 valence electrons. The summed E-state index contributed by atoms with van der Waals surface area (Å²) in [7, 11) is 0. The minimum Gasteiger partial charge on any atom is -0.442 e. The van der Waals surface area contributed by atoms with Gasteiger partial charge < -0.3 is 8.98 Å². The lowest BCUT2D eigenvalue weighted by Gasteiger charge is -2.12. The highest BCUT2D eigenvalue weighted by Gasteiger charge is 2.16. The molecule has 0 fully saturated rings. The van der Waals surface area contributed by atoms with E-state index in [1.807, 2.05) is 38.3 Å². The van der Waals surface area contributed by atoms with Crippen molar-refractivity contribution in [2.75, 3.05) is 0 Å². The highest BCUT2D eigenvalue weighted by molar-refractivity contribution is 5.84. The first kappa shape index (κ1) is 19.1. The Morgan fingerprint density at radius 1 is 1.21 bits per heavy atom. The molecule has 0 aliphatic heterocycles. The molecule has 0 aliphatic rings. The molecule has 0 amide bonds. The Morgan fingerprint density at radius 2 is 1.93 bits per heavy atom. The molecule has 28 heavy (non-hydrogen) atoms. The van der Waals surface area contributed by atoms with Gasteiger partial charge in [0.2, 0.25) is 5.88 Å². The highest BCUT2D eigenvalue weighted by atomic mass is 16.6. The van der Waals surface area contributed by atoms with Crippen molar-refractivity contribution in [1.29, 1.82) is 5.26 Å². The molecule has 0 bridgehead atoms. The fourth-order valence-corrected chi connectivity index (χ4v) is 3.20. The molecule has 0 radical (unpaired) electrons. The average Bonchev–Trinajstić information content (AvgIpc) is 3.08. The van der Waals surface area contributed by atoms with Crippen molar-refractivity contribution < 1.29 is 9.34 Å². The van der Waals surface area contributed by atoms with Crippen molar-refractivity contribution in [3.05, 3.63) is 73.8 Å². The number of aryl methyl sites for hydroxylation is 3. The van der Waals surface area contributed by atoms with E-state index in [1.54, 1.807) is 25.3 Å². The van der Waals surface area contributed by atoms with Crippen LogP contribution < -0.4 is 0 Å². The molecule has 7 nitrogen and oxygen atoms in total. The number of hydrogen-bond acceptors (Lipinski definition) is 5. The molecule has 0 atom stereocenters. The smallest absolute Gasteiger partial charge is 0.271 e. The van der Waals surface area contributed by atoms with Crippen LogP contribution in [0, 0.1) is 56.1 Å². The SMILES string of the molecule is Cc1ccc([N+](=O)[O-])cc1-n1c(C)cc(C=Nc2oc(C)c(C)c2C#N)c1C. The number of non-ortho nitro benzene ring substituents is 1. The maximum atomic E-state index is 11.2. The Kier molecular flexibility index (Phi) is 4.89. The maximum absolute atomic E-state index is 11.2. The maximum Gasteiger partial charge on any atom is 0.271 e. The lowest BCUT2D eigenvalue weighted by atomic mass is 10.1. The zero-order valence-corrected chi connectivity index (χ0v) is 16.4. The predicted molar refractivity (Wildman–Crippen MR) is 107 cm³/mol. The summed E-state index contributed by atoms with van der Waals surface area (Å²) in [5.74, 6) is 0.954. The van der Waals surface area contributed by atoms with E-state index in [0.29, 0.717) is 11.3 Å². The number of aliphatic imine (C=N–C) groups is 1. The van der Waals surface area contributed by atoms with Gasteiger partial charge in [-0.05, 0) is 46.2 Å². The molecular weight excluding hydrogens is 356 g/mol. The van der Waals surface area contributed by atoms with Crippen molar-refractivity contribution in [2.45, 2.75) is 34.6 Å². The van der Waals surface area contributed by atoms with Gasteiger partial charge in [0, 0.05) is 40.9 Å². The Bertz CT molecular complexity index is 1160. The first-order valence-corrected chi connectivity index (χ1v) is 8.73. The molecular formula is C21H20N4O3. The van der Waals surface area contributed by atoms with E-state index in [1.165, 1.54) is 6.07 Å². The fourth-order valence-electron chi connectivity index (χ4n) is 3.20. The van der Waals surface area contributed by atoms with Crippen LogP contribution in [0.15, 0.2) is 33.7 Å². The summed E-state index contributed by atoms with van der Waals surface area (Å²) in [5.41, 5.74) is 5.61. The fraction of sp³-hybridized carbons (Fsp3) is 0.238. The van der Waals surface area contributed by atoms with Crippen LogP contribution in [0.1, 0.15) is 39.4 Å². The van der Waals surface area contributed by atoms with Gasteiger partial charge in [-0.1, -0.05) is 6.07 Å². The van der Waals surface area contributed by atoms with E-state index >= 15 is 0 Å². The molecule has 0 spiro atoms. The summed E-state index contributed by atoms with van der Waals surface area (Å²) in [6.07, 6.45) is 1.66. The quantitative estimate of drug-likeness (QED) is 0.357. The molecule has 2 aromatic heterocycles. The van der Waals surface area contributed by atoms with Crippen LogP contribution in [-0.2, 0) is 0 Å². The Hall–Kier alpha value is -3.66. The second-order valence-corrected chi connectivity index (χ2v) is 6.72. The second-order valence-electron chi connectivity index (χ2n) is 6.72. The van der Waals surface area contributed by atoms with E-state index in [2.05, 4.69) is 11.1 Å². The minimum absolute atomic E-state index is 0.0449. The summed E-state index contributed by atoms with van der Waals surface area (Å²) < 4.78 is 7.54. The van der Waals surface area contributed by atoms with Gasteiger partial charge in [-0.25, -0.2) is 4.99 Å². The van der Waals surface area contributed by atoms with Crippen LogP contribution in [0.3, 0.4) is 0 Å². The number of benzene rings is 1. The second kappa shape index (κ2) is 7.16. The summed E-state index contributed by atoms with van der Waals surface area (Å²) in [6, 6.07) is 8.89. The molecule has 3 aromatic rings. The van der Waals surface area contributed by atoms with Crippen molar-refractivity contribution in [1.82, 2.24) is 4.57 Å². The van der Waals surface area contributed by atoms with E-state index in [-0.39, 0.29) is 11.6 Å². The molecule has 1 aromatic carbocycles. The van der Waals surface area contributed by atoms with Gasteiger partial charge in [0.1, 0.15) is 17.4 Å². The van der Waals surface area contributed by atoms with Gasteiger partial charge in [-0.15, -0.1) is 0 Å². The zero-order valence-electron chi connectivity index (χ0n) is 16.4. The lowest BCUT2D eigenvalue weighted by Crippen LogP contribution is -2.03. The topological polar surface area (TPSA) is 97.4 Å².